The predicted octanol–water partition coefficient (Wildman–Crippen LogP) is 0.972. The molecule has 1 aromatic rings. The van der Waals surface area contributed by atoms with Gasteiger partial charge in [0.15, 0.2) is 0 Å². The largest absolute Gasteiger partial charge is 0.409 e. The van der Waals surface area contributed by atoms with Gasteiger partial charge in [0.2, 0.25) is 5.76 Å². The highest BCUT2D eigenvalue weighted by molar-refractivity contribution is 5.92. The van der Waals surface area contributed by atoms with E-state index in [0.717, 1.165) is 0 Å². The first-order chi connectivity index (χ1) is 8.96. The molecule has 0 aliphatic carbocycles. The zero-order valence-electron chi connectivity index (χ0n) is 11.1. The summed E-state index contributed by atoms with van der Waals surface area (Å²) in [4.78, 5) is 13.8. The van der Waals surface area contributed by atoms with Crippen molar-refractivity contribution in [3.63, 3.8) is 0 Å². The van der Waals surface area contributed by atoms with E-state index < -0.39 is 0 Å². The molecule has 2 rings (SSSR count). The van der Waals surface area contributed by atoms with Crippen LogP contribution in [0.5, 0.6) is 0 Å². The van der Waals surface area contributed by atoms with E-state index in [9.17, 15) is 4.79 Å². The van der Waals surface area contributed by atoms with E-state index in [2.05, 4.69) is 10.3 Å². The molecule has 1 amide bonds. The van der Waals surface area contributed by atoms with Crippen LogP contribution < -0.4 is 5.73 Å². The van der Waals surface area contributed by atoms with Gasteiger partial charge in [0, 0.05) is 24.6 Å². The average Bonchev–Trinajstić information content (AvgIpc) is 2.84. The van der Waals surface area contributed by atoms with E-state index in [1.54, 1.807) is 17.9 Å². The lowest BCUT2D eigenvalue weighted by Gasteiger charge is -2.37. The van der Waals surface area contributed by atoms with Gasteiger partial charge in [0.05, 0.1) is 5.69 Å². The Balaban J connectivity index is 2.02. The van der Waals surface area contributed by atoms with Crippen LogP contribution in [0.1, 0.15) is 36.0 Å². The van der Waals surface area contributed by atoms with Crippen LogP contribution in [-0.2, 0) is 0 Å². The van der Waals surface area contributed by atoms with Crippen LogP contribution in [-0.4, -0.2) is 40.1 Å². The Kier molecular flexibility index (Phi) is 3.46. The third-order valence-corrected chi connectivity index (χ3v) is 3.72. The van der Waals surface area contributed by atoms with E-state index in [0.29, 0.717) is 31.6 Å². The molecule has 19 heavy (non-hydrogen) atoms. The summed E-state index contributed by atoms with van der Waals surface area (Å²) in [5.74, 6) is 0.308. The van der Waals surface area contributed by atoms with Crippen molar-refractivity contribution in [2.24, 2.45) is 16.3 Å². The first-order valence-electron chi connectivity index (χ1n) is 6.17. The van der Waals surface area contributed by atoms with Crippen molar-refractivity contribution in [1.82, 2.24) is 10.1 Å². The summed E-state index contributed by atoms with van der Waals surface area (Å²) in [6.07, 6.45) is 1.31. The highest BCUT2D eigenvalue weighted by atomic mass is 16.5. The van der Waals surface area contributed by atoms with Gasteiger partial charge in [-0.15, -0.1) is 0 Å². The van der Waals surface area contributed by atoms with Crippen molar-refractivity contribution in [3.05, 3.63) is 17.5 Å². The molecular formula is C12H18N4O3. The summed E-state index contributed by atoms with van der Waals surface area (Å²) in [5, 5.41) is 15.6. The molecule has 0 radical (unpaired) electrons. The number of nitrogens with zero attached hydrogens (tertiary/aromatic N) is 3. The van der Waals surface area contributed by atoms with Crippen LogP contribution >= 0.6 is 0 Å². The van der Waals surface area contributed by atoms with Gasteiger partial charge < -0.3 is 20.4 Å². The fourth-order valence-electron chi connectivity index (χ4n) is 2.20. The quantitative estimate of drug-likeness (QED) is 0.359. The molecular weight excluding hydrogens is 248 g/mol. The maximum Gasteiger partial charge on any atom is 0.292 e. The van der Waals surface area contributed by atoms with Gasteiger partial charge in [-0.1, -0.05) is 17.2 Å². The number of hydrogen-bond acceptors (Lipinski definition) is 5. The monoisotopic (exact) mass is 266 g/mol. The Labute approximate surface area is 111 Å². The van der Waals surface area contributed by atoms with Crippen molar-refractivity contribution >= 4 is 11.7 Å². The Bertz CT molecular complexity index is 501. The number of amidine groups is 1. The van der Waals surface area contributed by atoms with Crippen LogP contribution in [0, 0.1) is 12.3 Å². The van der Waals surface area contributed by atoms with Crippen molar-refractivity contribution in [2.75, 3.05) is 13.1 Å². The maximum absolute atomic E-state index is 12.1. The van der Waals surface area contributed by atoms with Crippen LogP contribution in [0.4, 0.5) is 0 Å². The summed E-state index contributed by atoms with van der Waals surface area (Å²) >= 11 is 0. The number of oxime groups is 1. The highest BCUT2D eigenvalue weighted by Gasteiger charge is 2.36. The molecule has 0 saturated carbocycles. The van der Waals surface area contributed by atoms with Gasteiger partial charge >= 0.3 is 0 Å². The molecule has 1 aliphatic rings. The SMILES string of the molecule is Cc1cc(C(=O)N2CCC(C)(/C(N)=N/O)CC2)on1. The van der Waals surface area contributed by atoms with Gasteiger partial charge in [0.1, 0.15) is 5.84 Å². The number of carbonyl (C=O) groups excluding carboxylic acids is 1. The lowest BCUT2D eigenvalue weighted by molar-refractivity contribution is 0.0625. The van der Waals surface area contributed by atoms with E-state index in [-0.39, 0.29) is 22.9 Å². The molecule has 7 nitrogen and oxygen atoms in total. The molecule has 1 fully saturated rings. The zero-order valence-corrected chi connectivity index (χ0v) is 11.1. The Morgan fingerprint density at radius 3 is 2.68 bits per heavy atom. The van der Waals surface area contributed by atoms with Crippen LogP contribution in [0.15, 0.2) is 15.7 Å². The maximum atomic E-state index is 12.1. The number of rotatable bonds is 2. The lowest BCUT2D eigenvalue weighted by Crippen LogP contribution is -2.47. The third-order valence-electron chi connectivity index (χ3n) is 3.72. The van der Waals surface area contributed by atoms with Gasteiger partial charge in [-0.05, 0) is 19.8 Å². The molecule has 104 valence electrons. The van der Waals surface area contributed by atoms with Crippen LogP contribution in [0.2, 0.25) is 0 Å². The van der Waals surface area contributed by atoms with E-state index in [4.69, 9.17) is 15.5 Å². The number of aromatic nitrogens is 1. The molecule has 1 aromatic heterocycles. The minimum Gasteiger partial charge on any atom is -0.409 e. The van der Waals surface area contributed by atoms with Gasteiger partial charge in [-0.2, -0.15) is 0 Å². The number of carbonyl (C=O) groups is 1. The molecule has 0 unspecified atom stereocenters. The van der Waals surface area contributed by atoms with Crippen molar-refractivity contribution < 1.29 is 14.5 Å². The Morgan fingerprint density at radius 1 is 1.58 bits per heavy atom. The van der Waals surface area contributed by atoms with E-state index in [1.165, 1.54) is 0 Å². The molecule has 0 aromatic carbocycles. The number of nitrogens with two attached hydrogens (primary N) is 1. The second kappa shape index (κ2) is 4.91. The molecule has 0 atom stereocenters. The molecule has 0 spiro atoms. The Morgan fingerprint density at radius 2 is 2.21 bits per heavy atom. The Hall–Kier alpha value is -2.05. The predicted molar refractivity (Wildman–Crippen MR) is 67.9 cm³/mol. The van der Waals surface area contributed by atoms with Crippen molar-refractivity contribution in [1.29, 1.82) is 0 Å². The number of piperidine rings is 1. The van der Waals surface area contributed by atoms with Crippen molar-refractivity contribution in [3.8, 4) is 0 Å². The summed E-state index contributed by atoms with van der Waals surface area (Å²) in [5.41, 5.74) is 6.01. The third kappa shape index (κ3) is 2.54. The molecule has 1 saturated heterocycles. The van der Waals surface area contributed by atoms with Gasteiger partial charge in [-0.3, -0.25) is 4.79 Å². The second-order valence-corrected chi connectivity index (χ2v) is 5.17. The van der Waals surface area contributed by atoms with Crippen molar-refractivity contribution in [2.45, 2.75) is 26.7 Å². The lowest BCUT2D eigenvalue weighted by atomic mass is 9.79. The van der Waals surface area contributed by atoms with Gasteiger partial charge in [-0.25, -0.2) is 0 Å². The normalized spacial score (nSPS) is 19.5. The first kappa shape index (κ1) is 13.4. The summed E-state index contributed by atoms with van der Waals surface area (Å²) in [6.45, 7) is 4.80. The van der Waals surface area contributed by atoms with Crippen LogP contribution in [0.3, 0.4) is 0 Å². The summed E-state index contributed by atoms with van der Waals surface area (Å²) in [6, 6.07) is 1.62. The van der Waals surface area contributed by atoms with Crippen LogP contribution in [0.25, 0.3) is 0 Å². The van der Waals surface area contributed by atoms with E-state index in [1.807, 2.05) is 6.92 Å². The molecule has 2 heterocycles. The number of hydrogen-bond donors (Lipinski definition) is 2. The molecule has 7 heteroatoms. The van der Waals surface area contributed by atoms with Gasteiger partial charge in [0.25, 0.3) is 5.91 Å². The standard InChI is InChI=1S/C12H18N4O3/c1-8-7-9(19-15-8)10(17)16-5-3-12(2,4-6-16)11(13)14-18/h7,18H,3-6H2,1-2H3,(H2,13,14). The smallest absolute Gasteiger partial charge is 0.292 e. The fraction of sp³-hybridized carbons (Fsp3) is 0.583. The summed E-state index contributed by atoms with van der Waals surface area (Å²) < 4.78 is 4.97. The average molecular weight is 266 g/mol. The van der Waals surface area contributed by atoms with E-state index >= 15 is 0 Å². The number of amides is 1. The number of aryl methyl sites for hydroxylation is 1. The zero-order chi connectivity index (χ0) is 14.0. The molecule has 3 N–H and O–H groups in total. The second-order valence-electron chi connectivity index (χ2n) is 5.17. The fourth-order valence-corrected chi connectivity index (χ4v) is 2.20. The summed E-state index contributed by atoms with van der Waals surface area (Å²) in [7, 11) is 0. The first-order valence-corrected chi connectivity index (χ1v) is 6.17. The number of likely N-dealkylation sites (tertiary alicyclic amines) is 1. The highest BCUT2D eigenvalue weighted by Crippen LogP contribution is 2.31. The molecule has 0 bridgehead atoms. The molecule has 1 aliphatic heterocycles. The minimum absolute atomic E-state index is 0.165. The topological polar surface area (TPSA) is 105 Å². The minimum atomic E-state index is -0.358.